The van der Waals surface area contributed by atoms with Gasteiger partial charge in [0.2, 0.25) is 0 Å². The first-order valence-corrected chi connectivity index (χ1v) is 6.31. The van der Waals surface area contributed by atoms with Crippen molar-refractivity contribution >= 4 is 28.9 Å². The van der Waals surface area contributed by atoms with Crippen molar-refractivity contribution in [3.63, 3.8) is 0 Å². The Morgan fingerprint density at radius 3 is 2.62 bits per heavy atom. The van der Waals surface area contributed by atoms with E-state index in [1.807, 2.05) is 0 Å². The molecule has 0 aliphatic rings. The summed E-state index contributed by atoms with van der Waals surface area (Å²) in [5.74, 6) is -0.774. The molecule has 0 fully saturated rings. The summed E-state index contributed by atoms with van der Waals surface area (Å²) in [4.78, 5) is 22.2. The number of benzene rings is 2. The van der Waals surface area contributed by atoms with E-state index in [4.69, 9.17) is 11.6 Å². The normalized spacial score (nSPS) is 10.2. The van der Waals surface area contributed by atoms with Crippen molar-refractivity contribution in [3.05, 3.63) is 62.7 Å². The molecule has 0 saturated carbocycles. The smallest absolute Gasteiger partial charge is 0.271 e. The molecule has 7 heteroatoms. The molecular weight excluding hydrogens is 296 g/mol. The molecule has 21 heavy (non-hydrogen) atoms. The van der Waals surface area contributed by atoms with Gasteiger partial charge in [0.1, 0.15) is 5.75 Å². The third-order valence-corrected chi connectivity index (χ3v) is 3.14. The molecule has 0 unspecified atom stereocenters. The van der Waals surface area contributed by atoms with Crippen LogP contribution < -0.4 is 5.32 Å². The molecule has 0 aliphatic heterocycles. The van der Waals surface area contributed by atoms with Crippen LogP contribution >= 0.6 is 11.6 Å². The predicted octanol–water partition coefficient (Wildman–Crippen LogP) is 3.51. The van der Waals surface area contributed by atoms with Crippen LogP contribution in [0.1, 0.15) is 15.9 Å². The Balaban J connectivity index is 2.31. The molecule has 0 bridgehead atoms. The average molecular weight is 307 g/mol. The Morgan fingerprint density at radius 2 is 2.00 bits per heavy atom. The Bertz CT molecular complexity index is 731. The Kier molecular flexibility index (Phi) is 4.09. The maximum absolute atomic E-state index is 12.1. The van der Waals surface area contributed by atoms with Gasteiger partial charge in [0.05, 0.1) is 21.2 Å². The number of nitro benzene ring substituents is 1. The number of hydrogen-bond acceptors (Lipinski definition) is 4. The summed E-state index contributed by atoms with van der Waals surface area (Å²) in [6, 6.07) is 8.30. The van der Waals surface area contributed by atoms with Crippen LogP contribution in [0.2, 0.25) is 5.02 Å². The molecule has 108 valence electrons. The molecule has 0 aliphatic carbocycles. The summed E-state index contributed by atoms with van der Waals surface area (Å²) in [6.45, 7) is 1.78. The van der Waals surface area contributed by atoms with E-state index in [2.05, 4.69) is 5.32 Å². The van der Waals surface area contributed by atoms with Crippen LogP contribution in [-0.2, 0) is 0 Å². The maximum atomic E-state index is 12.1. The van der Waals surface area contributed by atoms with Crippen molar-refractivity contribution in [1.82, 2.24) is 0 Å². The molecule has 2 N–H and O–H groups in total. The molecule has 1 amide bonds. The number of nitrogens with one attached hydrogen (secondary N) is 1. The topological polar surface area (TPSA) is 92.5 Å². The number of carbonyl (C=O) groups excluding carboxylic acids is 1. The van der Waals surface area contributed by atoms with Crippen molar-refractivity contribution < 1.29 is 14.8 Å². The van der Waals surface area contributed by atoms with Crippen LogP contribution in [-0.4, -0.2) is 15.9 Å². The highest BCUT2D eigenvalue weighted by molar-refractivity contribution is 6.34. The minimum absolute atomic E-state index is 0.0585. The Morgan fingerprint density at radius 1 is 1.29 bits per heavy atom. The molecule has 2 rings (SSSR count). The van der Waals surface area contributed by atoms with Crippen molar-refractivity contribution in [2.75, 3.05) is 5.32 Å². The van der Waals surface area contributed by atoms with Crippen LogP contribution in [0.25, 0.3) is 0 Å². The number of nitro groups is 1. The SMILES string of the molecule is Cc1ccc(C(=O)Nc2cc([N+](=O)[O-])ccc2Cl)c(O)c1. The van der Waals surface area contributed by atoms with E-state index >= 15 is 0 Å². The zero-order valence-corrected chi connectivity index (χ0v) is 11.7. The summed E-state index contributed by atoms with van der Waals surface area (Å²) in [5, 5.41) is 23.1. The fourth-order valence-corrected chi connectivity index (χ4v) is 1.91. The van der Waals surface area contributed by atoms with E-state index in [1.54, 1.807) is 13.0 Å². The summed E-state index contributed by atoms with van der Waals surface area (Å²) in [7, 11) is 0. The lowest BCUT2D eigenvalue weighted by Gasteiger charge is -2.09. The van der Waals surface area contributed by atoms with Crippen LogP contribution in [0.5, 0.6) is 5.75 Å². The number of phenols is 1. The number of rotatable bonds is 3. The Labute approximate surface area is 125 Å². The molecule has 0 aromatic heterocycles. The molecule has 0 radical (unpaired) electrons. The predicted molar refractivity (Wildman–Crippen MR) is 78.9 cm³/mol. The number of aryl methyl sites for hydroxylation is 1. The zero-order valence-electron chi connectivity index (χ0n) is 11.0. The second-order valence-corrected chi connectivity index (χ2v) is 4.80. The first-order chi connectivity index (χ1) is 9.88. The lowest BCUT2D eigenvalue weighted by Crippen LogP contribution is -2.12. The van der Waals surface area contributed by atoms with Gasteiger partial charge < -0.3 is 10.4 Å². The highest BCUT2D eigenvalue weighted by Crippen LogP contribution is 2.28. The number of carbonyl (C=O) groups is 1. The largest absolute Gasteiger partial charge is 0.507 e. The van der Waals surface area contributed by atoms with Gasteiger partial charge in [-0.05, 0) is 30.7 Å². The number of aromatic hydroxyl groups is 1. The van der Waals surface area contributed by atoms with E-state index in [1.165, 1.54) is 24.3 Å². The molecule has 0 spiro atoms. The summed E-state index contributed by atoms with van der Waals surface area (Å²) >= 11 is 5.90. The maximum Gasteiger partial charge on any atom is 0.271 e. The van der Waals surface area contributed by atoms with E-state index in [0.717, 1.165) is 11.6 Å². The molecule has 6 nitrogen and oxygen atoms in total. The van der Waals surface area contributed by atoms with Gasteiger partial charge in [-0.25, -0.2) is 0 Å². The van der Waals surface area contributed by atoms with E-state index < -0.39 is 10.8 Å². The first-order valence-electron chi connectivity index (χ1n) is 5.93. The minimum atomic E-state index is -0.602. The number of phenolic OH excluding ortho intramolecular Hbond substituents is 1. The number of hydrogen-bond donors (Lipinski definition) is 2. The molecule has 0 saturated heterocycles. The van der Waals surface area contributed by atoms with Crippen molar-refractivity contribution in [2.45, 2.75) is 6.92 Å². The van der Waals surface area contributed by atoms with Gasteiger partial charge in [-0.3, -0.25) is 14.9 Å². The van der Waals surface area contributed by atoms with E-state index in [9.17, 15) is 20.0 Å². The Hall–Kier alpha value is -2.60. The highest BCUT2D eigenvalue weighted by Gasteiger charge is 2.15. The molecule has 0 atom stereocenters. The van der Waals surface area contributed by atoms with Crippen LogP contribution in [0.4, 0.5) is 11.4 Å². The summed E-state index contributed by atoms with van der Waals surface area (Å²) in [5.41, 5.74) is 0.777. The second-order valence-electron chi connectivity index (χ2n) is 4.40. The number of halogens is 1. The second kappa shape index (κ2) is 5.80. The minimum Gasteiger partial charge on any atom is -0.507 e. The van der Waals surface area contributed by atoms with E-state index in [0.29, 0.717) is 0 Å². The third kappa shape index (κ3) is 3.29. The molecular formula is C14H11ClN2O4. The van der Waals surface area contributed by atoms with Crippen LogP contribution in [0, 0.1) is 17.0 Å². The van der Waals surface area contributed by atoms with Crippen molar-refractivity contribution in [1.29, 1.82) is 0 Å². The zero-order chi connectivity index (χ0) is 15.6. The fraction of sp³-hybridized carbons (Fsp3) is 0.0714. The van der Waals surface area contributed by atoms with Gasteiger partial charge >= 0.3 is 0 Å². The number of nitrogens with zero attached hydrogens (tertiary/aromatic N) is 1. The molecule has 2 aromatic carbocycles. The summed E-state index contributed by atoms with van der Waals surface area (Å²) < 4.78 is 0. The molecule has 0 heterocycles. The van der Waals surface area contributed by atoms with Gasteiger partial charge in [-0.15, -0.1) is 0 Å². The van der Waals surface area contributed by atoms with Gasteiger partial charge in [0, 0.05) is 12.1 Å². The standard InChI is InChI=1S/C14H11ClN2O4/c1-8-2-4-10(13(18)6-8)14(19)16-12-7-9(17(20)21)3-5-11(12)15/h2-7,18H,1H3,(H,16,19). The van der Waals surface area contributed by atoms with Gasteiger partial charge in [0.15, 0.2) is 0 Å². The fourth-order valence-electron chi connectivity index (χ4n) is 1.75. The molecule has 2 aromatic rings. The van der Waals surface area contributed by atoms with Crippen molar-refractivity contribution in [2.24, 2.45) is 0 Å². The van der Waals surface area contributed by atoms with Crippen LogP contribution in [0.3, 0.4) is 0 Å². The van der Waals surface area contributed by atoms with Gasteiger partial charge in [-0.2, -0.15) is 0 Å². The quantitative estimate of drug-likeness (QED) is 0.670. The number of non-ortho nitro benzene ring substituents is 1. The average Bonchev–Trinajstić information content (AvgIpc) is 2.40. The van der Waals surface area contributed by atoms with Gasteiger partial charge in [0.25, 0.3) is 11.6 Å². The lowest BCUT2D eigenvalue weighted by atomic mass is 10.1. The summed E-state index contributed by atoms with van der Waals surface area (Å²) in [6.07, 6.45) is 0. The van der Waals surface area contributed by atoms with Gasteiger partial charge in [-0.1, -0.05) is 17.7 Å². The first kappa shape index (κ1) is 14.8. The van der Waals surface area contributed by atoms with Crippen molar-refractivity contribution in [3.8, 4) is 5.75 Å². The number of anilines is 1. The van der Waals surface area contributed by atoms with Crippen LogP contribution in [0.15, 0.2) is 36.4 Å². The monoisotopic (exact) mass is 306 g/mol. The lowest BCUT2D eigenvalue weighted by molar-refractivity contribution is -0.384. The highest BCUT2D eigenvalue weighted by atomic mass is 35.5. The van der Waals surface area contributed by atoms with E-state index in [-0.39, 0.29) is 27.7 Å². The third-order valence-electron chi connectivity index (χ3n) is 2.81. The number of amides is 1.